The number of hydrogen-bond acceptors (Lipinski definition) is 3. The van der Waals surface area contributed by atoms with Crippen LogP contribution >= 0.6 is 0 Å². The van der Waals surface area contributed by atoms with Crippen LogP contribution in [0.5, 0.6) is 0 Å². The van der Waals surface area contributed by atoms with Crippen LogP contribution in [0.3, 0.4) is 0 Å². The molecule has 0 aromatic heterocycles. The van der Waals surface area contributed by atoms with E-state index in [1.807, 2.05) is 6.92 Å². The maximum Gasteiger partial charge on any atom is 0.325 e. The summed E-state index contributed by atoms with van der Waals surface area (Å²) in [4.78, 5) is 24.8. The van der Waals surface area contributed by atoms with Crippen molar-refractivity contribution in [2.24, 2.45) is 0 Å². The lowest BCUT2D eigenvalue weighted by Gasteiger charge is -2.19. The molecule has 0 fully saturated rings. The Morgan fingerprint density at radius 2 is 1.58 bits per heavy atom. The third kappa shape index (κ3) is 9.51. The van der Waals surface area contributed by atoms with E-state index >= 15 is 0 Å². The zero-order valence-electron chi connectivity index (χ0n) is 12.7. The maximum atomic E-state index is 11.9. The van der Waals surface area contributed by atoms with Crippen molar-refractivity contribution in [1.82, 2.24) is 4.90 Å². The highest BCUT2D eigenvalue weighted by atomic mass is 16.5. The van der Waals surface area contributed by atoms with E-state index in [9.17, 15) is 9.59 Å². The first-order chi connectivity index (χ1) is 9.15. The van der Waals surface area contributed by atoms with Gasteiger partial charge in [0.25, 0.3) is 0 Å². The summed E-state index contributed by atoms with van der Waals surface area (Å²) in [6.07, 6.45) is 7.53. The first-order valence-electron chi connectivity index (χ1n) is 7.59. The number of carbonyl (C=O) groups excluding carboxylic acids is 2. The molecule has 4 heteroatoms. The summed E-state index contributed by atoms with van der Waals surface area (Å²) >= 11 is 0. The fourth-order valence-corrected chi connectivity index (χ4v) is 1.95. The number of nitrogens with zero attached hydrogens (tertiary/aromatic N) is 1. The topological polar surface area (TPSA) is 46.6 Å². The first kappa shape index (κ1) is 17.9. The standard InChI is InChI=1S/C15H29NO3/c1-4-7-8-9-10-11-12-14(17)16(5-2)13-15(18)19-6-3/h4-13H2,1-3H3. The molecule has 0 bridgehead atoms. The molecule has 0 aliphatic rings. The van der Waals surface area contributed by atoms with Gasteiger partial charge in [0.2, 0.25) is 5.91 Å². The van der Waals surface area contributed by atoms with Crippen LogP contribution in [0.15, 0.2) is 0 Å². The van der Waals surface area contributed by atoms with Gasteiger partial charge < -0.3 is 9.64 Å². The molecule has 0 aromatic carbocycles. The molecule has 0 aliphatic heterocycles. The predicted molar refractivity (Wildman–Crippen MR) is 76.9 cm³/mol. The predicted octanol–water partition coefficient (Wildman–Crippen LogP) is 3.15. The Bertz CT molecular complexity index is 254. The Kier molecular flexibility index (Phi) is 11.3. The third-order valence-electron chi connectivity index (χ3n) is 3.10. The van der Waals surface area contributed by atoms with Crippen LogP contribution in [0.25, 0.3) is 0 Å². The van der Waals surface area contributed by atoms with Crippen molar-refractivity contribution < 1.29 is 14.3 Å². The van der Waals surface area contributed by atoms with Crippen molar-refractivity contribution in [3.05, 3.63) is 0 Å². The average Bonchev–Trinajstić information content (AvgIpc) is 2.40. The highest BCUT2D eigenvalue weighted by Crippen LogP contribution is 2.08. The smallest absolute Gasteiger partial charge is 0.325 e. The SMILES string of the molecule is CCCCCCCCC(=O)N(CC)CC(=O)OCC. The van der Waals surface area contributed by atoms with Gasteiger partial charge >= 0.3 is 5.97 Å². The molecule has 19 heavy (non-hydrogen) atoms. The third-order valence-corrected chi connectivity index (χ3v) is 3.10. The van der Waals surface area contributed by atoms with Crippen LogP contribution in [0.1, 0.15) is 65.7 Å². The second-order valence-electron chi connectivity index (χ2n) is 4.73. The van der Waals surface area contributed by atoms with Crippen LogP contribution in [0.4, 0.5) is 0 Å². The van der Waals surface area contributed by atoms with Crippen molar-refractivity contribution in [3.63, 3.8) is 0 Å². The van der Waals surface area contributed by atoms with E-state index in [0.29, 0.717) is 19.6 Å². The van der Waals surface area contributed by atoms with Crippen LogP contribution in [-0.2, 0) is 14.3 Å². The lowest BCUT2D eigenvalue weighted by molar-refractivity contribution is -0.148. The molecule has 0 heterocycles. The number of esters is 1. The van der Waals surface area contributed by atoms with E-state index in [1.165, 1.54) is 25.7 Å². The molecule has 0 saturated carbocycles. The molecule has 1 amide bonds. The molecular weight excluding hydrogens is 242 g/mol. The number of amides is 1. The second kappa shape index (κ2) is 12.0. The summed E-state index contributed by atoms with van der Waals surface area (Å²) in [5.41, 5.74) is 0. The van der Waals surface area contributed by atoms with Crippen LogP contribution in [0.2, 0.25) is 0 Å². The molecule has 0 radical (unpaired) electrons. The molecule has 0 unspecified atom stereocenters. The molecule has 0 rings (SSSR count). The van der Waals surface area contributed by atoms with Crippen LogP contribution < -0.4 is 0 Å². The van der Waals surface area contributed by atoms with E-state index in [4.69, 9.17) is 4.74 Å². The summed E-state index contributed by atoms with van der Waals surface area (Å²) in [7, 11) is 0. The van der Waals surface area contributed by atoms with E-state index in [0.717, 1.165) is 12.8 Å². The van der Waals surface area contributed by atoms with E-state index < -0.39 is 0 Å². The lowest BCUT2D eigenvalue weighted by atomic mass is 10.1. The number of hydrogen-bond donors (Lipinski definition) is 0. The van der Waals surface area contributed by atoms with Crippen molar-refractivity contribution in [3.8, 4) is 0 Å². The minimum atomic E-state index is -0.319. The average molecular weight is 271 g/mol. The Morgan fingerprint density at radius 3 is 2.16 bits per heavy atom. The summed E-state index contributed by atoms with van der Waals surface area (Å²) < 4.78 is 4.86. The maximum absolute atomic E-state index is 11.9. The first-order valence-corrected chi connectivity index (χ1v) is 7.59. The Balaban J connectivity index is 3.79. The van der Waals surface area contributed by atoms with Gasteiger partial charge in [-0.1, -0.05) is 39.0 Å². The van der Waals surface area contributed by atoms with E-state index in [2.05, 4.69) is 6.92 Å². The number of ether oxygens (including phenoxy) is 1. The normalized spacial score (nSPS) is 10.3. The van der Waals surface area contributed by atoms with Gasteiger partial charge in [0.15, 0.2) is 0 Å². The van der Waals surface area contributed by atoms with Crippen LogP contribution in [-0.4, -0.2) is 36.5 Å². The number of likely N-dealkylation sites (N-methyl/N-ethyl adjacent to an activating group) is 1. The molecule has 0 aromatic rings. The zero-order valence-corrected chi connectivity index (χ0v) is 12.7. The largest absolute Gasteiger partial charge is 0.465 e. The highest BCUT2D eigenvalue weighted by molar-refractivity contribution is 5.82. The van der Waals surface area contributed by atoms with Gasteiger partial charge in [-0.2, -0.15) is 0 Å². The molecule has 0 spiro atoms. The van der Waals surface area contributed by atoms with Gasteiger partial charge in [-0.15, -0.1) is 0 Å². The second-order valence-corrected chi connectivity index (χ2v) is 4.73. The lowest BCUT2D eigenvalue weighted by Crippen LogP contribution is -2.36. The summed E-state index contributed by atoms with van der Waals surface area (Å²) in [6.45, 7) is 6.86. The Hall–Kier alpha value is -1.06. The summed E-state index contributed by atoms with van der Waals surface area (Å²) in [5, 5.41) is 0. The molecule has 0 aliphatic carbocycles. The van der Waals surface area contributed by atoms with Crippen molar-refractivity contribution in [2.45, 2.75) is 65.7 Å². The molecule has 112 valence electrons. The van der Waals surface area contributed by atoms with Gasteiger partial charge in [-0.3, -0.25) is 9.59 Å². The number of unbranched alkanes of at least 4 members (excludes halogenated alkanes) is 5. The molecular formula is C15H29NO3. The highest BCUT2D eigenvalue weighted by Gasteiger charge is 2.15. The van der Waals surface area contributed by atoms with Gasteiger partial charge in [0, 0.05) is 13.0 Å². The fourth-order valence-electron chi connectivity index (χ4n) is 1.95. The molecule has 0 N–H and O–H groups in total. The van der Waals surface area contributed by atoms with Crippen molar-refractivity contribution in [1.29, 1.82) is 0 Å². The minimum Gasteiger partial charge on any atom is -0.465 e. The van der Waals surface area contributed by atoms with Crippen molar-refractivity contribution in [2.75, 3.05) is 19.7 Å². The summed E-state index contributed by atoms with van der Waals surface area (Å²) in [6, 6.07) is 0. The Morgan fingerprint density at radius 1 is 0.947 bits per heavy atom. The molecule has 4 nitrogen and oxygen atoms in total. The summed E-state index contributed by atoms with van der Waals surface area (Å²) in [5.74, 6) is -0.258. The van der Waals surface area contributed by atoms with Gasteiger partial charge in [0.05, 0.1) is 6.61 Å². The molecule has 0 atom stereocenters. The monoisotopic (exact) mass is 271 g/mol. The van der Waals surface area contributed by atoms with Crippen LogP contribution in [0, 0.1) is 0 Å². The van der Waals surface area contributed by atoms with E-state index in [-0.39, 0.29) is 18.4 Å². The van der Waals surface area contributed by atoms with Gasteiger partial charge in [-0.25, -0.2) is 0 Å². The van der Waals surface area contributed by atoms with Gasteiger partial charge in [-0.05, 0) is 20.3 Å². The van der Waals surface area contributed by atoms with Crippen molar-refractivity contribution >= 4 is 11.9 Å². The van der Waals surface area contributed by atoms with E-state index in [1.54, 1.807) is 11.8 Å². The number of rotatable bonds is 11. The Labute approximate surface area is 117 Å². The quantitative estimate of drug-likeness (QED) is 0.428. The molecule has 0 saturated heterocycles. The van der Waals surface area contributed by atoms with Gasteiger partial charge in [0.1, 0.15) is 6.54 Å². The fraction of sp³-hybridized carbons (Fsp3) is 0.867. The number of carbonyl (C=O) groups is 2. The minimum absolute atomic E-state index is 0.0612. The zero-order chi connectivity index (χ0) is 14.5.